The van der Waals surface area contributed by atoms with Crippen LogP contribution in [0.2, 0.25) is 0 Å². The van der Waals surface area contributed by atoms with Crippen LogP contribution in [0.5, 0.6) is 0 Å². The molecule has 2 fully saturated rings. The van der Waals surface area contributed by atoms with E-state index in [9.17, 15) is 4.79 Å². The highest BCUT2D eigenvalue weighted by Crippen LogP contribution is 2.29. The number of hydrogen-bond acceptors (Lipinski definition) is 4. The fourth-order valence-corrected chi connectivity index (χ4v) is 3.28. The van der Waals surface area contributed by atoms with Crippen molar-refractivity contribution in [1.82, 2.24) is 9.80 Å². The molecule has 3 nitrogen and oxygen atoms in total. The lowest BCUT2D eigenvalue weighted by Crippen LogP contribution is -2.48. The zero-order chi connectivity index (χ0) is 14.7. The van der Waals surface area contributed by atoms with Crippen molar-refractivity contribution in [3.8, 4) is 0 Å². The summed E-state index contributed by atoms with van der Waals surface area (Å²) in [5, 5.41) is 0. The first-order valence-corrected chi connectivity index (χ1v) is 9.09. The van der Waals surface area contributed by atoms with Crippen LogP contribution in [0.4, 0.5) is 0 Å². The van der Waals surface area contributed by atoms with Crippen LogP contribution in [0, 0.1) is 5.92 Å². The Bertz CT molecular complexity index is 476. The molecule has 1 aromatic rings. The molecule has 114 valence electrons. The lowest BCUT2D eigenvalue weighted by atomic mass is 10.1. The number of rotatable bonds is 6. The van der Waals surface area contributed by atoms with Crippen LogP contribution in [-0.4, -0.2) is 61.1 Å². The first kappa shape index (κ1) is 15.1. The predicted molar refractivity (Wildman–Crippen MR) is 88.2 cm³/mol. The van der Waals surface area contributed by atoms with Gasteiger partial charge in [0, 0.05) is 43.2 Å². The Labute approximate surface area is 131 Å². The molecule has 1 aliphatic heterocycles. The van der Waals surface area contributed by atoms with Gasteiger partial charge < -0.3 is 4.90 Å². The first-order valence-electron chi connectivity index (χ1n) is 7.86. The van der Waals surface area contributed by atoms with Gasteiger partial charge in [-0.2, -0.15) is 0 Å². The van der Waals surface area contributed by atoms with Crippen molar-refractivity contribution in [2.75, 3.05) is 45.5 Å². The molecule has 0 unspecified atom stereocenters. The molecule has 0 bridgehead atoms. The number of nitrogens with zero attached hydrogens (tertiary/aromatic N) is 2. The third-order valence-corrected chi connectivity index (χ3v) is 5.20. The monoisotopic (exact) mass is 304 g/mol. The van der Waals surface area contributed by atoms with Gasteiger partial charge in [0.2, 0.25) is 0 Å². The van der Waals surface area contributed by atoms with Crippen molar-refractivity contribution in [1.29, 1.82) is 0 Å². The summed E-state index contributed by atoms with van der Waals surface area (Å²) in [6.45, 7) is 6.14. The quantitative estimate of drug-likeness (QED) is 0.595. The van der Waals surface area contributed by atoms with Crippen LogP contribution in [0.25, 0.3) is 0 Å². The van der Waals surface area contributed by atoms with Crippen molar-refractivity contribution in [3.05, 3.63) is 29.8 Å². The zero-order valence-electron chi connectivity index (χ0n) is 12.8. The summed E-state index contributed by atoms with van der Waals surface area (Å²) in [5.74, 6) is 1.21. The van der Waals surface area contributed by atoms with Gasteiger partial charge in [0.05, 0.1) is 6.54 Å². The molecule has 2 aliphatic rings. The predicted octanol–water partition coefficient (Wildman–Crippen LogP) is 2.62. The highest BCUT2D eigenvalue weighted by atomic mass is 32.2. The number of carbonyl (C=O) groups is 1. The third kappa shape index (κ3) is 4.31. The molecule has 0 N–H and O–H groups in total. The summed E-state index contributed by atoms with van der Waals surface area (Å²) in [5.41, 5.74) is 0.841. The lowest BCUT2D eigenvalue weighted by molar-refractivity contribution is 0.0847. The van der Waals surface area contributed by atoms with Crippen LogP contribution in [0.3, 0.4) is 0 Å². The second kappa shape index (κ2) is 6.95. The molecule has 0 atom stereocenters. The molecular weight excluding hydrogens is 280 g/mol. The Kier molecular flexibility index (Phi) is 4.99. The smallest absolute Gasteiger partial charge is 0.176 e. The van der Waals surface area contributed by atoms with Gasteiger partial charge in [-0.15, -0.1) is 11.8 Å². The largest absolute Gasteiger partial charge is 0.301 e. The number of thioether (sulfide) groups is 1. The highest BCUT2D eigenvalue weighted by molar-refractivity contribution is 7.98. The van der Waals surface area contributed by atoms with Gasteiger partial charge >= 0.3 is 0 Å². The molecule has 0 radical (unpaired) electrons. The van der Waals surface area contributed by atoms with E-state index >= 15 is 0 Å². The summed E-state index contributed by atoms with van der Waals surface area (Å²) in [4.78, 5) is 18.4. The average molecular weight is 304 g/mol. The van der Waals surface area contributed by atoms with Crippen LogP contribution < -0.4 is 0 Å². The summed E-state index contributed by atoms with van der Waals surface area (Å²) < 4.78 is 0. The van der Waals surface area contributed by atoms with Gasteiger partial charge in [0.25, 0.3) is 0 Å². The van der Waals surface area contributed by atoms with Crippen LogP contribution >= 0.6 is 11.8 Å². The topological polar surface area (TPSA) is 23.6 Å². The summed E-state index contributed by atoms with van der Waals surface area (Å²) in [6, 6.07) is 7.98. The maximum atomic E-state index is 12.3. The van der Waals surface area contributed by atoms with E-state index in [2.05, 4.69) is 16.1 Å². The molecule has 1 aromatic carbocycles. The Morgan fingerprint density at radius 1 is 1.10 bits per heavy atom. The first-order chi connectivity index (χ1) is 10.2. The molecule has 1 heterocycles. The van der Waals surface area contributed by atoms with E-state index in [4.69, 9.17) is 0 Å². The molecule has 4 heteroatoms. The summed E-state index contributed by atoms with van der Waals surface area (Å²) in [7, 11) is 0. The van der Waals surface area contributed by atoms with Gasteiger partial charge in [-0.25, -0.2) is 0 Å². The minimum Gasteiger partial charge on any atom is -0.301 e. The number of hydrogen-bond donors (Lipinski definition) is 0. The molecule has 0 aromatic heterocycles. The van der Waals surface area contributed by atoms with Crippen LogP contribution in [0.1, 0.15) is 23.2 Å². The van der Waals surface area contributed by atoms with Gasteiger partial charge in [0.1, 0.15) is 0 Å². The number of ketones is 1. The molecule has 21 heavy (non-hydrogen) atoms. The van der Waals surface area contributed by atoms with E-state index in [0.29, 0.717) is 6.54 Å². The zero-order valence-corrected chi connectivity index (χ0v) is 13.6. The van der Waals surface area contributed by atoms with Crippen molar-refractivity contribution in [2.45, 2.75) is 17.7 Å². The Morgan fingerprint density at radius 2 is 1.71 bits per heavy atom. The molecule has 0 amide bonds. The SMILES string of the molecule is CSc1ccc(C(=O)CN2CCN(CC3CC3)CC2)cc1. The summed E-state index contributed by atoms with van der Waals surface area (Å²) in [6.07, 6.45) is 4.90. The molecular formula is C17H24N2OS. The molecule has 1 saturated carbocycles. The summed E-state index contributed by atoms with van der Waals surface area (Å²) >= 11 is 1.71. The Hall–Kier alpha value is -0.840. The molecule has 1 aliphatic carbocycles. The molecule has 0 spiro atoms. The van der Waals surface area contributed by atoms with Gasteiger partial charge in [-0.3, -0.25) is 9.69 Å². The van der Waals surface area contributed by atoms with E-state index in [1.807, 2.05) is 24.3 Å². The van der Waals surface area contributed by atoms with Crippen LogP contribution in [-0.2, 0) is 0 Å². The lowest BCUT2D eigenvalue weighted by Gasteiger charge is -2.34. The van der Waals surface area contributed by atoms with Gasteiger partial charge in [-0.1, -0.05) is 12.1 Å². The third-order valence-electron chi connectivity index (χ3n) is 4.46. The van der Waals surface area contributed by atoms with E-state index in [1.54, 1.807) is 11.8 Å². The van der Waals surface area contributed by atoms with E-state index in [1.165, 1.54) is 24.3 Å². The average Bonchev–Trinajstić information content (AvgIpc) is 3.33. The van der Waals surface area contributed by atoms with E-state index < -0.39 is 0 Å². The second-order valence-electron chi connectivity index (χ2n) is 6.17. The fraction of sp³-hybridized carbons (Fsp3) is 0.588. The molecule has 1 saturated heterocycles. The Balaban J connectivity index is 1.46. The normalized spacial score (nSPS) is 20.6. The van der Waals surface area contributed by atoms with Crippen molar-refractivity contribution in [2.24, 2.45) is 5.92 Å². The highest BCUT2D eigenvalue weighted by Gasteiger charge is 2.26. The minimum atomic E-state index is 0.248. The standard InChI is InChI=1S/C17H24N2OS/c1-21-16-6-4-15(5-7-16)17(20)13-19-10-8-18(9-11-19)12-14-2-3-14/h4-7,14H,2-3,8-13H2,1H3. The van der Waals surface area contributed by atoms with Gasteiger partial charge in [0.15, 0.2) is 5.78 Å². The maximum absolute atomic E-state index is 12.3. The molecule has 3 rings (SSSR count). The number of piperazine rings is 1. The Morgan fingerprint density at radius 3 is 2.29 bits per heavy atom. The van der Waals surface area contributed by atoms with Crippen molar-refractivity contribution in [3.63, 3.8) is 0 Å². The van der Waals surface area contributed by atoms with Crippen molar-refractivity contribution < 1.29 is 4.79 Å². The van der Waals surface area contributed by atoms with Gasteiger partial charge in [-0.05, 0) is 37.1 Å². The number of Topliss-reactive ketones (excluding diaryl/α,β-unsaturated/α-hetero) is 1. The second-order valence-corrected chi connectivity index (χ2v) is 7.05. The fourth-order valence-electron chi connectivity index (χ4n) is 2.87. The van der Waals surface area contributed by atoms with E-state index in [0.717, 1.165) is 37.7 Å². The minimum absolute atomic E-state index is 0.248. The number of carbonyl (C=O) groups excluding carboxylic acids is 1. The maximum Gasteiger partial charge on any atom is 0.176 e. The van der Waals surface area contributed by atoms with E-state index in [-0.39, 0.29) is 5.78 Å². The number of benzene rings is 1. The van der Waals surface area contributed by atoms with Crippen molar-refractivity contribution >= 4 is 17.5 Å². The van der Waals surface area contributed by atoms with Crippen LogP contribution in [0.15, 0.2) is 29.2 Å².